The summed E-state index contributed by atoms with van der Waals surface area (Å²) < 4.78 is 0. The highest BCUT2D eigenvalue weighted by molar-refractivity contribution is 6.30. The van der Waals surface area contributed by atoms with Crippen molar-refractivity contribution in [1.29, 1.82) is 0 Å². The van der Waals surface area contributed by atoms with Gasteiger partial charge in [0.05, 0.1) is 0 Å². The number of hydrogen-bond donors (Lipinski definition) is 1. The molecule has 2 atom stereocenters. The molecule has 2 unspecified atom stereocenters. The molecular weight excluding hydrogens is 220 g/mol. The van der Waals surface area contributed by atoms with E-state index in [2.05, 4.69) is 50.3 Å². The normalized spacial score (nSPS) is 15.1. The van der Waals surface area contributed by atoms with Crippen LogP contribution < -0.4 is 5.32 Å². The van der Waals surface area contributed by atoms with E-state index in [0.29, 0.717) is 12.1 Å². The van der Waals surface area contributed by atoms with E-state index in [1.807, 2.05) is 12.1 Å². The predicted molar refractivity (Wildman–Crippen MR) is 71.0 cm³/mol. The lowest BCUT2D eigenvalue weighted by atomic mass is 10.1. The second-order valence-corrected chi connectivity index (χ2v) is 5.04. The van der Waals surface area contributed by atoms with Gasteiger partial charge >= 0.3 is 0 Å². The van der Waals surface area contributed by atoms with Crippen LogP contribution in [-0.4, -0.2) is 31.6 Å². The molecule has 0 saturated heterocycles. The lowest BCUT2D eigenvalue weighted by Crippen LogP contribution is -2.37. The third kappa shape index (κ3) is 4.52. The van der Waals surface area contributed by atoms with Gasteiger partial charge in [-0.1, -0.05) is 23.7 Å². The summed E-state index contributed by atoms with van der Waals surface area (Å²) in [4.78, 5) is 2.19. The van der Waals surface area contributed by atoms with Crippen LogP contribution in [0.1, 0.15) is 25.5 Å². The summed E-state index contributed by atoms with van der Waals surface area (Å²) in [5.74, 6) is 0. The standard InChI is InChI=1S/C13H21ClN2/c1-10(9-16(3)4)15-11(2)12-5-7-13(14)8-6-12/h5-8,10-11,15H,9H2,1-4H3. The number of benzene rings is 1. The van der Waals surface area contributed by atoms with Crippen molar-refractivity contribution in [3.8, 4) is 0 Å². The van der Waals surface area contributed by atoms with E-state index < -0.39 is 0 Å². The van der Waals surface area contributed by atoms with Gasteiger partial charge in [-0.25, -0.2) is 0 Å². The van der Waals surface area contributed by atoms with Gasteiger partial charge in [0.25, 0.3) is 0 Å². The fraction of sp³-hybridized carbons (Fsp3) is 0.538. The van der Waals surface area contributed by atoms with Gasteiger partial charge in [0.1, 0.15) is 0 Å². The van der Waals surface area contributed by atoms with E-state index in [1.54, 1.807) is 0 Å². The highest BCUT2D eigenvalue weighted by atomic mass is 35.5. The van der Waals surface area contributed by atoms with Crippen molar-refractivity contribution in [3.63, 3.8) is 0 Å². The quantitative estimate of drug-likeness (QED) is 0.852. The molecule has 0 fully saturated rings. The molecule has 0 spiro atoms. The molecule has 1 N–H and O–H groups in total. The minimum absolute atomic E-state index is 0.354. The highest BCUT2D eigenvalue weighted by Crippen LogP contribution is 2.16. The fourth-order valence-electron chi connectivity index (χ4n) is 1.87. The van der Waals surface area contributed by atoms with E-state index in [1.165, 1.54) is 5.56 Å². The van der Waals surface area contributed by atoms with Crippen molar-refractivity contribution in [1.82, 2.24) is 10.2 Å². The highest BCUT2D eigenvalue weighted by Gasteiger charge is 2.09. The smallest absolute Gasteiger partial charge is 0.0406 e. The zero-order chi connectivity index (χ0) is 12.1. The Labute approximate surface area is 104 Å². The molecule has 0 amide bonds. The Morgan fingerprint density at radius 3 is 2.25 bits per heavy atom. The van der Waals surface area contributed by atoms with Crippen molar-refractivity contribution in [3.05, 3.63) is 34.9 Å². The molecule has 3 heteroatoms. The lowest BCUT2D eigenvalue weighted by molar-refractivity contribution is 0.334. The van der Waals surface area contributed by atoms with E-state index >= 15 is 0 Å². The van der Waals surface area contributed by atoms with Crippen LogP contribution in [0.2, 0.25) is 5.02 Å². The van der Waals surface area contributed by atoms with Crippen LogP contribution >= 0.6 is 11.6 Å². The minimum Gasteiger partial charge on any atom is -0.308 e. The van der Waals surface area contributed by atoms with Gasteiger partial charge in [0, 0.05) is 23.7 Å². The average Bonchev–Trinajstić information content (AvgIpc) is 2.16. The van der Waals surface area contributed by atoms with Crippen molar-refractivity contribution in [2.75, 3.05) is 20.6 Å². The Morgan fingerprint density at radius 2 is 1.75 bits per heavy atom. The second-order valence-electron chi connectivity index (χ2n) is 4.60. The van der Waals surface area contributed by atoms with Crippen molar-refractivity contribution in [2.24, 2.45) is 0 Å². The van der Waals surface area contributed by atoms with Crippen LogP contribution in [0.3, 0.4) is 0 Å². The monoisotopic (exact) mass is 240 g/mol. The molecule has 0 radical (unpaired) electrons. The van der Waals surface area contributed by atoms with Gasteiger partial charge in [0.15, 0.2) is 0 Å². The van der Waals surface area contributed by atoms with E-state index in [9.17, 15) is 0 Å². The first-order valence-electron chi connectivity index (χ1n) is 5.65. The van der Waals surface area contributed by atoms with Crippen LogP contribution in [0.5, 0.6) is 0 Å². The molecule has 1 aromatic carbocycles. The Balaban J connectivity index is 2.51. The summed E-state index contributed by atoms with van der Waals surface area (Å²) in [7, 11) is 4.18. The Kier molecular flexibility index (Phi) is 5.26. The summed E-state index contributed by atoms with van der Waals surface area (Å²) in [6.45, 7) is 5.42. The molecule has 0 aliphatic carbocycles. The van der Waals surface area contributed by atoms with Gasteiger partial charge in [-0.05, 0) is 45.6 Å². The van der Waals surface area contributed by atoms with Crippen LogP contribution in [0.25, 0.3) is 0 Å². The molecule has 0 aromatic heterocycles. The Hall–Kier alpha value is -0.570. The van der Waals surface area contributed by atoms with E-state index in [-0.39, 0.29) is 0 Å². The number of nitrogens with zero attached hydrogens (tertiary/aromatic N) is 1. The zero-order valence-corrected chi connectivity index (χ0v) is 11.3. The first-order valence-corrected chi connectivity index (χ1v) is 6.03. The largest absolute Gasteiger partial charge is 0.308 e. The maximum absolute atomic E-state index is 5.86. The molecule has 0 aliphatic heterocycles. The minimum atomic E-state index is 0.354. The summed E-state index contributed by atoms with van der Waals surface area (Å²) in [6, 6.07) is 8.84. The Morgan fingerprint density at radius 1 is 1.19 bits per heavy atom. The maximum atomic E-state index is 5.86. The molecule has 1 rings (SSSR count). The second kappa shape index (κ2) is 6.24. The SMILES string of the molecule is CC(CN(C)C)NC(C)c1ccc(Cl)cc1. The van der Waals surface area contributed by atoms with Crippen LogP contribution in [0.4, 0.5) is 0 Å². The Bertz CT molecular complexity index is 308. The van der Waals surface area contributed by atoms with E-state index in [0.717, 1.165) is 11.6 Å². The summed E-state index contributed by atoms with van der Waals surface area (Å²) in [5, 5.41) is 4.35. The topological polar surface area (TPSA) is 15.3 Å². The molecule has 2 nitrogen and oxygen atoms in total. The number of rotatable bonds is 5. The molecule has 90 valence electrons. The molecule has 0 saturated carbocycles. The number of hydrogen-bond acceptors (Lipinski definition) is 2. The van der Waals surface area contributed by atoms with Crippen LogP contribution in [-0.2, 0) is 0 Å². The third-order valence-electron chi connectivity index (χ3n) is 2.54. The van der Waals surface area contributed by atoms with Gasteiger partial charge < -0.3 is 10.2 Å². The molecule has 1 aromatic rings. The number of nitrogens with one attached hydrogen (secondary N) is 1. The summed E-state index contributed by atoms with van der Waals surface area (Å²) >= 11 is 5.86. The zero-order valence-electron chi connectivity index (χ0n) is 10.5. The van der Waals surface area contributed by atoms with Gasteiger partial charge in [-0.3, -0.25) is 0 Å². The molecule has 0 aliphatic rings. The first kappa shape index (κ1) is 13.5. The average molecular weight is 241 g/mol. The van der Waals surface area contributed by atoms with Crippen molar-refractivity contribution in [2.45, 2.75) is 25.9 Å². The summed E-state index contributed by atoms with van der Waals surface area (Å²) in [5.41, 5.74) is 1.27. The van der Waals surface area contributed by atoms with Crippen molar-refractivity contribution >= 4 is 11.6 Å². The van der Waals surface area contributed by atoms with E-state index in [4.69, 9.17) is 11.6 Å². The fourth-order valence-corrected chi connectivity index (χ4v) is 2.00. The van der Waals surface area contributed by atoms with Gasteiger partial charge in [0.2, 0.25) is 0 Å². The molecule has 0 bridgehead atoms. The van der Waals surface area contributed by atoms with Gasteiger partial charge in [-0.2, -0.15) is 0 Å². The van der Waals surface area contributed by atoms with Crippen LogP contribution in [0, 0.1) is 0 Å². The summed E-state index contributed by atoms with van der Waals surface area (Å²) in [6.07, 6.45) is 0. The maximum Gasteiger partial charge on any atom is 0.0406 e. The van der Waals surface area contributed by atoms with Crippen molar-refractivity contribution < 1.29 is 0 Å². The molecule has 16 heavy (non-hydrogen) atoms. The number of halogens is 1. The predicted octanol–water partition coefficient (Wildman–Crippen LogP) is 2.94. The lowest BCUT2D eigenvalue weighted by Gasteiger charge is -2.23. The molecule has 0 heterocycles. The first-order chi connectivity index (χ1) is 7.49. The van der Waals surface area contributed by atoms with Crippen LogP contribution in [0.15, 0.2) is 24.3 Å². The van der Waals surface area contributed by atoms with Gasteiger partial charge in [-0.15, -0.1) is 0 Å². The molecular formula is C13H21ClN2. The third-order valence-corrected chi connectivity index (χ3v) is 2.80. The number of likely N-dealkylation sites (N-methyl/N-ethyl adjacent to an activating group) is 1.